The topological polar surface area (TPSA) is 85.4 Å². The van der Waals surface area contributed by atoms with Crippen LogP contribution < -0.4 is 20.3 Å². The number of carbonyl (C=O) groups excluding carboxylic acids is 1. The van der Waals surface area contributed by atoms with Crippen LogP contribution in [0, 0.1) is 4.77 Å². The van der Waals surface area contributed by atoms with E-state index in [1.54, 1.807) is 31.3 Å². The summed E-state index contributed by atoms with van der Waals surface area (Å²) in [6.45, 7) is -2.70. The minimum absolute atomic E-state index is 0.0670. The lowest BCUT2D eigenvalue weighted by atomic mass is 10.1. The number of alkyl halides is 2. The highest BCUT2D eigenvalue weighted by Gasteiger charge is 2.12. The summed E-state index contributed by atoms with van der Waals surface area (Å²) in [6.07, 6.45) is 0.395. The van der Waals surface area contributed by atoms with E-state index in [9.17, 15) is 18.4 Å². The average Bonchev–Trinajstić information content (AvgIpc) is 2.71. The van der Waals surface area contributed by atoms with Crippen molar-refractivity contribution in [3.05, 3.63) is 62.6 Å². The largest absolute Gasteiger partial charge is 0.493 e. The lowest BCUT2D eigenvalue weighted by Gasteiger charge is -2.12. The number of fused-ring (bicyclic) bond motifs is 1. The number of aromatic amines is 1. The fraction of sp³-hybridized carbons (Fsp3) is 0.250. The van der Waals surface area contributed by atoms with Crippen molar-refractivity contribution in [3.63, 3.8) is 0 Å². The zero-order valence-electron chi connectivity index (χ0n) is 16.2. The van der Waals surface area contributed by atoms with Crippen molar-refractivity contribution < 1.29 is 23.0 Å². The summed E-state index contributed by atoms with van der Waals surface area (Å²) in [7, 11) is 2.93. The van der Waals surface area contributed by atoms with Crippen molar-refractivity contribution in [2.45, 2.75) is 13.0 Å². The number of benzene rings is 2. The van der Waals surface area contributed by atoms with Crippen LogP contribution in [0.4, 0.5) is 8.78 Å². The Balaban J connectivity index is 1.69. The maximum Gasteiger partial charge on any atom is 0.387 e. The van der Waals surface area contributed by atoms with E-state index >= 15 is 0 Å². The summed E-state index contributed by atoms with van der Waals surface area (Å²) in [5.74, 6) is -0.208. The molecule has 0 spiro atoms. The van der Waals surface area contributed by atoms with Crippen LogP contribution in [0.2, 0.25) is 0 Å². The smallest absolute Gasteiger partial charge is 0.387 e. The van der Waals surface area contributed by atoms with Crippen molar-refractivity contribution >= 4 is 29.0 Å². The summed E-state index contributed by atoms with van der Waals surface area (Å²) < 4.78 is 36.1. The van der Waals surface area contributed by atoms with Crippen LogP contribution in [0.15, 0.2) is 41.2 Å². The molecule has 2 N–H and O–H groups in total. The molecule has 7 nitrogen and oxygen atoms in total. The number of hydrogen-bond donors (Lipinski definition) is 2. The number of carbonyl (C=O) groups is 1. The Morgan fingerprint density at radius 2 is 2.00 bits per heavy atom. The molecule has 0 saturated carbocycles. The van der Waals surface area contributed by atoms with Gasteiger partial charge in [0.2, 0.25) is 0 Å². The molecule has 1 aromatic heterocycles. The van der Waals surface area contributed by atoms with Gasteiger partial charge in [-0.15, -0.1) is 0 Å². The monoisotopic (exact) mass is 435 g/mol. The van der Waals surface area contributed by atoms with Crippen molar-refractivity contribution in [2.75, 3.05) is 13.7 Å². The summed E-state index contributed by atoms with van der Waals surface area (Å²) >= 11 is 5.10. The van der Waals surface area contributed by atoms with Gasteiger partial charge < -0.3 is 19.8 Å². The predicted octanol–water partition coefficient (Wildman–Crippen LogP) is 3.18. The van der Waals surface area contributed by atoms with Gasteiger partial charge in [-0.25, -0.2) is 0 Å². The first-order valence-electron chi connectivity index (χ1n) is 8.93. The number of nitrogens with one attached hydrogen (secondary N) is 2. The standard InChI is InChI=1S/C20H19F2N3O4S/c1-25-18(27)13-5-4-12(10-14(13)24-20(25)30)17(26)23-8-7-11-3-6-15(28-2)16(9-11)29-19(21)22/h3-6,9-10,19H,7-8H2,1-2H3,(H,23,26)(H,24,30). The molecule has 30 heavy (non-hydrogen) atoms. The number of amides is 1. The van der Waals surface area contributed by atoms with Crippen LogP contribution in [0.3, 0.4) is 0 Å². The molecule has 158 valence electrons. The molecule has 3 rings (SSSR count). The number of aromatic nitrogens is 2. The lowest BCUT2D eigenvalue weighted by Crippen LogP contribution is -2.26. The molecule has 0 atom stereocenters. The Hall–Kier alpha value is -3.27. The first-order chi connectivity index (χ1) is 14.3. The Morgan fingerprint density at radius 3 is 2.70 bits per heavy atom. The number of H-pyrrole nitrogens is 1. The highest BCUT2D eigenvalue weighted by molar-refractivity contribution is 7.71. The van der Waals surface area contributed by atoms with E-state index in [0.29, 0.717) is 28.5 Å². The second-order valence-corrected chi connectivity index (χ2v) is 6.81. The van der Waals surface area contributed by atoms with Crippen LogP contribution >= 0.6 is 12.2 Å². The summed E-state index contributed by atoms with van der Waals surface area (Å²) in [5.41, 5.74) is 1.28. The Bertz CT molecular complexity index is 1210. The number of halogens is 2. The normalized spacial score (nSPS) is 11.0. The third-order valence-electron chi connectivity index (χ3n) is 4.51. The fourth-order valence-corrected chi connectivity index (χ4v) is 3.13. The summed E-state index contributed by atoms with van der Waals surface area (Å²) in [6, 6.07) is 9.36. The van der Waals surface area contributed by atoms with E-state index in [-0.39, 0.29) is 34.3 Å². The Kier molecular flexibility index (Phi) is 6.46. The SMILES string of the molecule is COc1ccc(CCNC(=O)c2ccc3c(=O)n(C)c(=S)[nH]c3c2)cc1OC(F)F. The first-order valence-corrected chi connectivity index (χ1v) is 9.34. The van der Waals surface area contributed by atoms with Gasteiger partial charge in [0.15, 0.2) is 16.3 Å². The lowest BCUT2D eigenvalue weighted by molar-refractivity contribution is -0.0512. The number of rotatable bonds is 7. The van der Waals surface area contributed by atoms with E-state index in [0.717, 1.165) is 0 Å². The van der Waals surface area contributed by atoms with Crippen molar-refractivity contribution in [3.8, 4) is 11.5 Å². The van der Waals surface area contributed by atoms with Crippen LogP contribution in [0.5, 0.6) is 11.5 Å². The van der Waals surface area contributed by atoms with Crippen molar-refractivity contribution in [1.82, 2.24) is 14.9 Å². The van der Waals surface area contributed by atoms with E-state index in [1.165, 1.54) is 23.8 Å². The molecule has 0 aliphatic rings. The molecule has 0 bridgehead atoms. The van der Waals surface area contributed by atoms with E-state index < -0.39 is 6.61 Å². The van der Waals surface area contributed by atoms with Gasteiger partial charge in [-0.3, -0.25) is 14.2 Å². The third-order valence-corrected chi connectivity index (χ3v) is 4.88. The average molecular weight is 435 g/mol. The quantitative estimate of drug-likeness (QED) is 0.557. The third kappa shape index (κ3) is 4.65. The molecule has 1 amide bonds. The molecule has 0 aliphatic carbocycles. The van der Waals surface area contributed by atoms with Gasteiger partial charge in [-0.05, 0) is 54.5 Å². The molecule has 1 heterocycles. The number of ether oxygens (including phenoxy) is 2. The first kappa shape index (κ1) is 21.4. The van der Waals surface area contributed by atoms with Gasteiger partial charge in [-0.2, -0.15) is 8.78 Å². The van der Waals surface area contributed by atoms with Crippen LogP contribution in [-0.2, 0) is 13.5 Å². The Labute approximate surface area is 175 Å². The Morgan fingerprint density at radius 1 is 1.23 bits per heavy atom. The molecule has 0 saturated heterocycles. The maximum absolute atomic E-state index is 12.5. The van der Waals surface area contributed by atoms with Crippen molar-refractivity contribution in [2.24, 2.45) is 7.05 Å². The molecule has 0 radical (unpaired) electrons. The van der Waals surface area contributed by atoms with Crippen LogP contribution in [0.25, 0.3) is 10.9 Å². The van der Waals surface area contributed by atoms with Gasteiger partial charge in [-0.1, -0.05) is 6.07 Å². The summed E-state index contributed by atoms with van der Waals surface area (Å²) in [5, 5.41) is 3.18. The van der Waals surface area contributed by atoms with Gasteiger partial charge in [0.1, 0.15) is 0 Å². The summed E-state index contributed by atoms with van der Waals surface area (Å²) in [4.78, 5) is 27.6. The highest BCUT2D eigenvalue weighted by atomic mass is 32.1. The molecule has 0 aliphatic heterocycles. The molecule has 2 aromatic carbocycles. The highest BCUT2D eigenvalue weighted by Crippen LogP contribution is 2.29. The minimum Gasteiger partial charge on any atom is -0.493 e. The fourth-order valence-electron chi connectivity index (χ4n) is 2.93. The second-order valence-electron chi connectivity index (χ2n) is 6.42. The number of nitrogens with zero attached hydrogens (tertiary/aromatic N) is 1. The van der Waals surface area contributed by atoms with Crippen LogP contribution in [-0.4, -0.2) is 35.7 Å². The number of hydrogen-bond acceptors (Lipinski definition) is 5. The molecule has 3 aromatic rings. The molecule has 0 fully saturated rings. The molecular formula is C20H19F2N3O4S. The second kappa shape index (κ2) is 9.04. The maximum atomic E-state index is 12.5. The van der Waals surface area contributed by atoms with E-state index in [1.807, 2.05) is 0 Å². The minimum atomic E-state index is -2.97. The number of methoxy groups -OCH3 is 1. The van der Waals surface area contributed by atoms with Crippen LogP contribution in [0.1, 0.15) is 15.9 Å². The van der Waals surface area contributed by atoms with E-state index in [4.69, 9.17) is 17.0 Å². The molecule has 0 unspecified atom stereocenters. The van der Waals surface area contributed by atoms with E-state index in [2.05, 4.69) is 15.0 Å². The molecular weight excluding hydrogens is 416 g/mol. The molecule has 10 heteroatoms. The zero-order chi connectivity index (χ0) is 21.8. The van der Waals surface area contributed by atoms with Gasteiger partial charge in [0, 0.05) is 19.2 Å². The predicted molar refractivity (Wildman–Crippen MR) is 110 cm³/mol. The zero-order valence-corrected chi connectivity index (χ0v) is 17.0. The van der Waals surface area contributed by atoms with Crippen molar-refractivity contribution in [1.29, 1.82) is 0 Å². The van der Waals surface area contributed by atoms with Gasteiger partial charge in [0.05, 0.1) is 18.0 Å². The van der Waals surface area contributed by atoms with Gasteiger partial charge >= 0.3 is 6.61 Å². The van der Waals surface area contributed by atoms with Gasteiger partial charge in [0.25, 0.3) is 11.5 Å².